The third kappa shape index (κ3) is 6.00. The van der Waals surface area contributed by atoms with Crippen molar-refractivity contribution in [3.05, 3.63) is 0 Å². The lowest BCUT2D eigenvalue weighted by Gasteiger charge is -2.29. The molecule has 0 aliphatic carbocycles. The van der Waals surface area contributed by atoms with Crippen LogP contribution in [0.5, 0.6) is 0 Å². The van der Waals surface area contributed by atoms with E-state index >= 15 is 0 Å². The average molecular weight is 259 g/mol. The highest BCUT2D eigenvalue weighted by Gasteiger charge is 2.32. The minimum Gasteiger partial charge on any atom is -0.462 e. The van der Waals surface area contributed by atoms with Crippen molar-refractivity contribution >= 4 is 11.9 Å². The van der Waals surface area contributed by atoms with Gasteiger partial charge in [-0.1, -0.05) is 13.8 Å². The molecule has 5 nitrogen and oxygen atoms in total. The second kappa shape index (κ2) is 6.73. The Morgan fingerprint density at radius 3 is 2.11 bits per heavy atom. The van der Waals surface area contributed by atoms with E-state index < -0.39 is 17.6 Å². The van der Waals surface area contributed by atoms with Crippen molar-refractivity contribution in [2.75, 3.05) is 0 Å². The Morgan fingerprint density at radius 2 is 1.78 bits per heavy atom. The van der Waals surface area contributed by atoms with Crippen molar-refractivity contribution in [3.63, 3.8) is 0 Å². The minimum absolute atomic E-state index is 0.284. The van der Waals surface area contributed by atoms with Crippen molar-refractivity contribution < 1.29 is 19.1 Å². The predicted molar refractivity (Wildman–Crippen MR) is 68.8 cm³/mol. The molecular formula is C13H25NO4. The van der Waals surface area contributed by atoms with Crippen molar-refractivity contribution in [3.8, 4) is 0 Å². The molecule has 0 radical (unpaired) electrons. The Morgan fingerprint density at radius 1 is 1.28 bits per heavy atom. The first kappa shape index (κ1) is 16.9. The lowest BCUT2D eigenvalue weighted by atomic mass is 9.94. The zero-order valence-corrected chi connectivity index (χ0v) is 12.1. The standard InChI is InChI=1S/C13H25NO4/c1-7-10(17-9(3)15)8(2)11(14)12(16)18-13(4,5)6/h8,10-11H,7,14H2,1-6H3/t8-,10-,11-/m0/s1. The van der Waals surface area contributed by atoms with Gasteiger partial charge in [-0.15, -0.1) is 0 Å². The van der Waals surface area contributed by atoms with Crippen LogP contribution < -0.4 is 5.73 Å². The summed E-state index contributed by atoms with van der Waals surface area (Å²) >= 11 is 0. The molecule has 0 aromatic carbocycles. The van der Waals surface area contributed by atoms with Gasteiger partial charge in [-0.3, -0.25) is 9.59 Å². The Hall–Kier alpha value is -1.10. The molecule has 0 amide bonds. The van der Waals surface area contributed by atoms with Crippen LogP contribution in [0.15, 0.2) is 0 Å². The molecule has 18 heavy (non-hydrogen) atoms. The van der Waals surface area contributed by atoms with Crippen LogP contribution in [0.1, 0.15) is 48.0 Å². The van der Waals surface area contributed by atoms with Crippen molar-refractivity contribution in [1.82, 2.24) is 0 Å². The molecule has 0 unspecified atom stereocenters. The monoisotopic (exact) mass is 259 g/mol. The summed E-state index contributed by atoms with van der Waals surface area (Å²) in [7, 11) is 0. The maximum atomic E-state index is 11.8. The second-order valence-corrected chi connectivity index (χ2v) is 5.47. The molecule has 0 heterocycles. The molecule has 0 saturated heterocycles. The summed E-state index contributed by atoms with van der Waals surface area (Å²) in [6, 6.07) is -0.798. The van der Waals surface area contributed by atoms with E-state index in [1.807, 2.05) is 6.92 Å². The van der Waals surface area contributed by atoms with Gasteiger partial charge in [0.2, 0.25) is 0 Å². The first-order valence-electron chi connectivity index (χ1n) is 6.24. The number of carbonyl (C=O) groups excluding carboxylic acids is 2. The maximum absolute atomic E-state index is 11.8. The van der Waals surface area contributed by atoms with Gasteiger partial charge < -0.3 is 15.2 Å². The number of rotatable bonds is 5. The Kier molecular flexibility index (Phi) is 6.32. The molecule has 0 aromatic heterocycles. The van der Waals surface area contributed by atoms with Crippen LogP contribution in [-0.2, 0) is 19.1 Å². The fourth-order valence-electron chi connectivity index (χ4n) is 1.59. The first-order chi connectivity index (χ1) is 8.08. The lowest BCUT2D eigenvalue weighted by molar-refractivity contribution is -0.162. The Labute approximate surface area is 109 Å². The average Bonchev–Trinajstić information content (AvgIpc) is 2.21. The van der Waals surface area contributed by atoms with Crippen molar-refractivity contribution in [2.45, 2.75) is 65.7 Å². The van der Waals surface area contributed by atoms with Gasteiger partial charge >= 0.3 is 11.9 Å². The molecule has 0 aromatic rings. The molecular weight excluding hydrogens is 234 g/mol. The molecule has 0 rings (SSSR count). The van der Waals surface area contributed by atoms with Gasteiger partial charge in [0.15, 0.2) is 0 Å². The molecule has 3 atom stereocenters. The molecule has 0 spiro atoms. The second-order valence-electron chi connectivity index (χ2n) is 5.47. The fourth-order valence-corrected chi connectivity index (χ4v) is 1.59. The van der Waals surface area contributed by atoms with Crippen LogP contribution in [0.25, 0.3) is 0 Å². The van der Waals surface area contributed by atoms with E-state index in [-0.39, 0.29) is 18.0 Å². The first-order valence-corrected chi connectivity index (χ1v) is 6.24. The molecule has 0 bridgehead atoms. The van der Waals surface area contributed by atoms with E-state index in [2.05, 4.69) is 0 Å². The van der Waals surface area contributed by atoms with E-state index in [0.717, 1.165) is 0 Å². The van der Waals surface area contributed by atoms with E-state index in [1.54, 1.807) is 27.7 Å². The predicted octanol–water partition coefficient (Wildman–Crippen LogP) is 1.63. The van der Waals surface area contributed by atoms with E-state index in [9.17, 15) is 9.59 Å². The number of ether oxygens (including phenoxy) is 2. The summed E-state index contributed by atoms with van der Waals surface area (Å²) < 4.78 is 10.4. The summed E-state index contributed by atoms with van der Waals surface area (Å²) in [4.78, 5) is 22.8. The Balaban J connectivity index is 4.60. The molecule has 0 aliphatic heterocycles. The zero-order valence-electron chi connectivity index (χ0n) is 12.1. The molecule has 2 N–H and O–H groups in total. The van der Waals surface area contributed by atoms with E-state index in [1.165, 1.54) is 6.92 Å². The van der Waals surface area contributed by atoms with Gasteiger partial charge in [0.05, 0.1) is 0 Å². The van der Waals surface area contributed by atoms with Gasteiger partial charge in [0.25, 0.3) is 0 Å². The lowest BCUT2D eigenvalue weighted by Crippen LogP contribution is -2.46. The minimum atomic E-state index is -0.798. The normalized spacial score (nSPS) is 16.6. The van der Waals surface area contributed by atoms with Crippen molar-refractivity contribution in [1.29, 1.82) is 0 Å². The number of carbonyl (C=O) groups is 2. The van der Waals surface area contributed by atoms with Crippen LogP contribution in [0.2, 0.25) is 0 Å². The molecule has 106 valence electrons. The summed E-state index contributed by atoms with van der Waals surface area (Å²) in [5.74, 6) is -1.13. The third-order valence-corrected chi connectivity index (χ3v) is 2.55. The zero-order chi connectivity index (χ0) is 14.5. The van der Waals surface area contributed by atoms with Gasteiger partial charge in [0, 0.05) is 12.8 Å². The summed E-state index contributed by atoms with van der Waals surface area (Å²) in [6.45, 7) is 10.4. The van der Waals surface area contributed by atoms with Crippen LogP contribution in [0.4, 0.5) is 0 Å². The third-order valence-electron chi connectivity index (χ3n) is 2.55. The number of esters is 2. The molecule has 0 aliphatic rings. The molecule has 0 fully saturated rings. The van der Waals surface area contributed by atoms with Gasteiger partial charge in [-0.2, -0.15) is 0 Å². The van der Waals surface area contributed by atoms with Crippen molar-refractivity contribution in [2.24, 2.45) is 11.7 Å². The number of hydrogen-bond donors (Lipinski definition) is 1. The van der Waals surface area contributed by atoms with Crippen LogP contribution in [0.3, 0.4) is 0 Å². The Bertz CT molecular complexity index is 296. The summed E-state index contributed by atoms with van der Waals surface area (Å²) in [6.07, 6.45) is 0.238. The van der Waals surface area contributed by atoms with Gasteiger partial charge in [-0.05, 0) is 27.2 Å². The fraction of sp³-hybridized carbons (Fsp3) is 0.846. The van der Waals surface area contributed by atoms with Gasteiger partial charge in [0.1, 0.15) is 17.7 Å². The topological polar surface area (TPSA) is 78.6 Å². The van der Waals surface area contributed by atoms with Crippen LogP contribution in [-0.4, -0.2) is 29.7 Å². The summed E-state index contributed by atoms with van der Waals surface area (Å²) in [5, 5.41) is 0. The molecule has 0 saturated carbocycles. The largest absolute Gasteiger partial charge is 0.462 e. The van der Waals surface area contributed by atoms with E-state index in [0.29, 0.717) is 6.42 Å². The maximum Gasteiger partial charge on any atom is 0.323 e. The SMILES string of the molecule is CC[C@H](OC(C)=O)[C@H](C)[C@H](N)C(=O)OC(C)(C)C. The number of hydrogen-bond acceptors (Lipinski definition) is 5. The van der Waals surface area contributed by atoms with Gasteiger partial charge in [-0.25, -0.2) is 0 Å². The number of nitrogens with two attached hydrogens (primary N) is 1. The quantitative estimate of drug-likeness (QED) is 0.759. The molecule has 5 heteroatoms. The highest BCUT2D eigenvalue weighted by atomic mass is 16.6. The van der Waals surface area contributed by atoms with Crippen LogP contribution in [0, 0.1) is 5.92 Å². The summed E-state index contributed by atoms with van der Waals surface area (Å²) in [5.41, 5.74) is 5.28. The smallest absolute Gasteiger partial charge is 0.323 e. The van der Waals surface area contributed by atoms with Crippen LogP contribution >= 0.6 is 0 Å². The highest BCUT2D eigenvalue weighted by molar-refractivity contribution is 5.76. The highest BCUT2D eigenvalue weighted by Crippen LogP contribution is 2.18. The van der Waals surface area contributed by atoms with E-state index in [4.69, 9.17) is 15.2 Å².